The van der Waals surface area contributed by atoms with Crippen LogP contribution in [0, 0.1) is 0 Å². The first-order chi connectivity index (χ1) is 14.1. The number of hydrogen-bond acceptors (Lipinski definition) is 12. The van der Waals surface area contributed by atoms with Crippen molar-refractivity contribution in [1.82, 2.24) is 20.2 Å². The monoisotopic (exact) mass is 448 g/mol. The van der Waals surface area contributed by atoms with Gasteiger partial charge in [0, 0.05) is 6.20 Å². The highest BCUT2D eigenvalue weighted by atomic mass is 32.2. The van der Waals surface area contributed by atoms with Crippen molar-refractivity contribution >= 4 is 20.2 Å². The highest BCUT2D eigenvalue weighted by Gasteiger charge is 2.22. The number of hydrogen-bond donors (Lipinski definition) is 0. The first-order valence-corrected chi connectivity index (χ1v) is 10.7. The lowest BCUT2D eigenvalue weighted by Crippen LogP contribution is -2.00. The van der Waals surface area contributed by atoms with E-state index in [9.17, 15) is 25.9 Å². The molecular weight excluding hydrogens is 440 g/mol. The van der Waals surface area contributed by atoms with Crippen LogP contribution in [0.4, 0.5) is 0 Å². The summed E-state index contributed by atoms with van der Waals surface area (Å²) >= 11 is 0. The average Bonchev–Trinajstić information content (AvgIpc) is 3.37. The summed E-state index contributed by atoms with van der Waals surface area (Å²) in [6.45, 7) is 0. The van der Waals surface area contributed by atoms with E-state index in [1.807, 2.05) is 0 Å². The zero-order chi connectivity index (χ0) is 21.5. The van der Waals surface area contributed by atoms with Crippen LogP contribution in [0.1, 0.15) is 0 Å². The predicted octanol–water partition coefficient (Wildman–Crippen LogP) is 1.26. The fraction of sp³-hybridized carbons (Fsp3) is 0. The Kier molecular flexibility index (Phi) is 4.70. The van der Waals surface area contributed by atoms with Crippen LogP contribution in [-0.2, 0) is 20.2 Å². The molecule has 0 saturated carbocycles. The van der Waals surface area contributed by atoms with Gasteiger partial charge in [0.1, 0.15) is 11.4 Å². The van der Waals surface area contributed by atoms with E-state index < -0.39 is 30.4 Å². The molecule has 4 rings (SSSR count). The van der Waals surface area contributed by atoms with Gasteiger partial charge < -0.3 is 17.9 Å². The molecule has 0 aliphatic carbocycles. The molecule has 0 aliphatic rings. The summed E-state index contributed by atoms with van der Waals surface area (Å²) in [7, 11) is -9.76. The Labute approximate surface area is 168 Å². The molecule has 0 spiro atoms. The third-order valence-electron chi connectivity index (χ3n) is 3.70. The first kappa shape index (κ1) is 19.8. The summed E-state index contributed by atoms with van der Waals surface area (Å²) in [6, 6.07) is 9.09. The first-order valence-electron chi connectivity index (χ1n) is 7.91. The van der Waals surface area contributed by atoms with E-state index in [1.54, 1.807) is 18.2 Å². The zero-order valence-corrected chi connectivity index (χ0v) is 16.1. The van der Waals surface area contributed by atoms with Crippen LogP contribution in [0.5, 0.6) is 0 Å². The molecule has 154 valence electrons. The molecule has 4 heterocycles. The van der Waals surface area contributed by atoms with Crippen LogP contribution >= 0.6 is 0 Å². The summed E-state index contributed by atoms with van der Waals surface area (Å²) in [5.41, 5.74) is 0.0434. The van der Waals surface area contributed by atoms with Gasteiger partial charge in [0.2, 0.25) is 16.0 Å². The quantitative estimate of drug-likeness (QED) is 0.397. The molecule has 0 bridgehead atoms. The smallest absolute Gasteiger partial charge is 0.206 e. The number of aromatic nitrogens is 4. The molecule has 0 unspecified atom stereocenters. The number of furan rings is 2. The second kappa shape index (κ2) is 7.10. The molecule has 30 heavy (non-hydrogen) atoms. The van der Waals surface area contributed by atoms with Crippen molar-refractivity contribution in [2.45, 2.75) is 10.2 Å². The lowest BCUT2D eigenvalue weighted by Gasteiger charge is -2.07. The van der Waals surface area contributed by atoms with Crippen molar-refractivity contribution in [3.8, 4) is 34.4 Å². The Morgan fingerprint density at radius 2 is 1.33 bits per heavy atom. The standard InChI is InChI=1S/C16H10N4O8S2/c21-29(22,23)12-6-4-10(27-12)14-15(11-5-7-13(28-11)30(24,25)26)19-20-16(18-14)9-3-1-2-8-17-9/h1-8H,(H,21,22,23)(H,24,25,26)/p-2. The van der Waals surface area contributed by atoms with Crippen LogP contribution in [0.3, 0.4) is 0 Å². The molecular formula is C16H8N4O8S2-2. The Morgan fingerprint density at radius 1 is 0.733 bits per heavy atom. The van der Waals surface area contributed by atoms with Crippen LogP contribution < -0.4 is 0 Å². The zero-order valence-electron chi connectivity index (χ0n) is 14.5. The molecule has 0 aromatic carbocycles. The summed E-state index contributed by atoms with van der Waals surface area (Å²) in [5, 5.41) is 6.13. The third kappa shape index (κ3) is 3.84. The van der Waals surface area contributed by atoms with Gasteiger partial charge in [0.15, 0.2) is 37.5 Å². The van der Waals surface area contributed by atoms with Crippen LogP contribution in [-0.4, -0.2) is 46.1 Å². The Balaban J connectivity index is 1.92. The molecule has 0 fully saturated rings. The fourth-order valence-corrected chi connectivity index (χ4v) is 3.28. The minimum Gasteiger partial charge on any atom is -0.742 e. The lowest BCUT2D eigenvalue weighted by molar-refractivity contribution is 0.399. The van der Waals surface area contributed by atoms with E-state index in [1.165, 1.54) is 6.20 Å². The highest BCUT2D eigenvalue weighted by molar-refractivity contribution is 7.85. The predicted molar refractivity (Wildman–Crippen MR) is 94.4 cm³/mol. The maximum absolute atomic E-state index is 11.2. The summed E-state index contributed by atoms with van der Waals surface area (Å²) in [5.74, 6) is -0.357. The Hall–Kier alpha value is -3.46. The molecule has 0 N–H and O–H groups in total. The molecule has 14 heteroatoms. The van der Waals surface area contributed by atoms with E-state index in [-0.39, 0.29) is 28.7 Å². The number of nitrogens with zero attached hydrogens (tertiary/aromatic N) is 4. The Bertz CT molecular complexity index is 1440. The molecule has 4 aromatic rings. The van der Waals surface area contributed by atoms with Gasteiger partial charge in [-0.2, -0.15) is 0 Å². The molecule has 4 aromatic heterocycles. The Morgan fingerprint density at radius 3 is 1.83 bits per heavy atom. The molecule has 0 amide bonds. The van der Waals surface area contributed by atoms with Crippen molar-refractivity contribution in [2.75, 3.05) is 0 Å². The van der Waals surface area contributed by atoms with Crippen molar-refractivity contribution in [3.05, 3.63) is 48.7 Å². The van der Waals surface area contributed by atoms with Crippen LogP contribution in [0.15, 0.2) is 67.7 Å². The van der Waals surface area contributed by atoms with Gasteiger partial charge in [-0.1, -0.05) is 6.07 Å². The normalized spacial score (nSPS) is 12.2. The summed E-state index contributed by atoms with van der Waals surface area (Å²) in [6.07, 6.45) is 1.49. The molecule has 0 atom stereocenters. The third-order valence-corrected chi connectivity index (χ3v) is 5.13. The van der Waals surface area contributed by atoms with E-state index in [0.717, 1.165) is 24.3 Å². The number of rotatable bonds is 5. The van der Waals surface area contributed by atoms with Gasteiger partial charge in [0.05, 0.1) is 0 Å². The van der Waals surface area contributed by atoms with Gasteiger partial charge >= 0.3 is 0 Å². The lowest BCUT2D eigenvalue weighted by atomic mass is 10.2. The van der Waals surface area contributed by atoms with Gasteiger partial charge in [0.25, 0.3) is 0 Å². The molecule has 0 radical (unpaired) electrons. The van der Waals surface area contributed by atoms with Crippen molar-refractivity contribution in [3.63, 3.8) is 0 Å². The van der Waals surface area contributed by atoms with Gasteiger partial charge in [-0.25, -0.2) is 21.8 Å². The minimum absolute atomic E-state index is 0.0282. The van der Waals surface area contributed by atoms with E-state index in [0.29, 0.717) is 5.69 Å². The van der Waals surface area contributed by atoms with Crippen LogP contribution in [0.25, 0.3) is 34.4 Å². The van der Waals surface area contributed by atoms with Gasteiger partial charge in [-0.05, 0) is 36.4 Å². The van der Waals surface area contributed by atoms with Gasteiger partial charge in [-0.3, -0.25) is 4.98 Å². The van der Waals surface area contributed by atoms with Gasteiger partial charge in [-0.15, -0.1) is 10.2 Å². The van der Waals surface area contributed by atoms with Crippen molar-refractivity contribution < 1.29 is 34.8 Å². The van der Waals surface area contributed by atoms with E-state index >= 15 is 0 Å². The maximum Gasteiger partial charge on any atom is 0.206 e. The summed E-state index contributed by atoms with van der Waals surface area (Å²) in [4.78, 5) is 8.32. The minimum atomic E-state index is -4.88. The molecule has 0 saturated heterocycles. The fourth-order valence-electron chi connectivity index (χ4n) is 2.43. The molecule has 0 aliphatic heterocycles. The number of pyridine rings is 1. The molecule has 12 nitrogen and oxygen atoms in total. The summed E-state index contributed by atoms with van der Waals surface area (Å²) < 4.78 is 77.2. The topological polar surface area (TPSA) is 192 Å². The second-order valence-electron chi connectivity index (χ2n) is 5.69. The van der Waals surface area contributed by atoms with Crippen molar-refractivity contribution in [2.24, 2.45) is 0 Å². The second-order valence-corrected chi connectivity index (χ2v) is 8.31. The van der Waals surface area contributed by atoms with Crippen molar-refractivity contribution in [1.29, 1.82) is 0 Å². The average molecular weight is 448 g/mol. The van der Waals surface area contributed by atoms with Crippen LogP contribution in [0.2, 0.25) is 0 Å². The van der Waals surface area contributed by atoms with E-state index in [2.05, 4.69) is 20.2 Å². The highest BCUT2D eigenvalue weighted by Crippen LogP contribution is 2.33. The van der Waals surface area contributed by atoms with E-state index in [4.69, 9.17) is 8.83 Å². The SMILES string of the molecule is O=S(=O)([O-])c1ccc(-c2nnc(-c3ccccn3)nc2-c2ccc(S(=O)(=O)[O-])o2)o1. The maximum atomic E-state index is 11.2. The largest absolute Gasteiger partial charge is 0.742 e.